The van der Waals surface area contributed by atoms with Crippen LogP contribution in [0.15, 0.2) is 0 Å². The molecule has 108 valence electrons. The molecule has 7 heteroatoms. The first-order valence-electron chi connectivity index (χ1n) is 6.08. The van der Waals surface area contributed by atoms with E-state index in [2.05, 4.69) is 4.74 Å². The molecule has 0 aromatic heterocycles. The maximum Gasteiger partial charge on any atom is 0.328 e. The minimum Gasteiger partial charge on any atom is -0.468 e. The normalized spacial score (nSPS) is 13.1. The summed E-state index contributed by atoms with van der Waals surface area (Å²) in [4.78, 5) is 11.9. The Hall–Kier alpha value is -2.14. The quantitative estimate of drug-likeness (QED) is 0.482. The number of rotatable bonds is 8. The molecule has 1 unspecified atom stereocenters. The first-order chi connectivity index (χ1) is 9.55. The Labute approximate surface area is 118 Å². The fourth-order valence-electron chi connectivity index (χ4n) is 1.71. The van der Waals surface area contributed by atoms with E-state index in [1.54, 1.807) is 32.1 Å². The van der Waals surface area contributed by atoms with Crippen molar-refractivity contribution in [2.75, 3.05) is 20.3 Å². The molecule has 0 N–H and O–H groups in total. The number of nitriles is 3. The van der Waals surface area contributed by atoms with Crippen molar-refractivity contribution in [3.8, 4) is 18.2 Å². The summed E-state index contributed by atoms with van der Waals surface area (Å²) in [5.41, 5.74) is -1.94. The van der Waals surface area contributed by atoms with Crippen molar-refractivity contribution in [1.29, 1.82) is 15.8 Å². The highest BCUT2D eigenvalue weighted by Gasteiger charge is 2.50. The second kappa shape index (κ2) is 8.87. The van der Waals surface area contributed by atoms with Crippen molar-refractivity contribution < 1.29 is 19.0 Å². The molecule has 0 aromatic rings. The van der Waals surface area contributed by atoms with E-state index in [0.29, 0.717) is 13.2 Å². The molecule has 0 bridgehead atoms. The first kappa shape index (κ1) is 17.9. The summed E-state index contributed by atoms with van der Waals surface area (Å²) < 4.78 is 15.1. The lowest BCUT2D eigenvalue weighted by molar-refractivity contribution is -0.171. The Kier molecular flexibility index (Phi) is 7.93. The molecule has 0 aliphatic carbocycles. The van der Waals surface area contributed by atoms with Crippen LogP contribution in [0.25, 0.3) is 0 Å². The van der Waals surface area contributed by atoms with E-state index in [0.717, 1.165) is 7.11 Å². The Morgan fingerprint density at radius 1 is 1.15 bits per heavy atom. The van der Waals surface area contributed by atoms with Gasteiger partial charge in [-0.05, 0) is 13.8 Å². The van der Waals surface area contributed by atoms with Crippen molar-refractivity contribution in [3.63, 3.8) is 0 Å². The minimum absolute atomic E-state index is 0.246. The number of methoxy groups -OCH3 is 1. The number of carbonyl (C=O) groups excluding carboxylic acids is 1. The summed E-state index contributed by atoms with van der Waals surface area (Å²) in [5, 5.41) is 27.3. The zero-order chi connectivity index (χ0) is 15.6. The van der Waals surface area contributed by atoms with Gasteiger partial charge < -0.3 is 14.2 Å². The monoisotopic (exact) mass is 279 g/mol. The van der Waals surface area contributed by atoms with Crippen LogP contribution in [0, 0.1) is 45.3 Å². The predicted octanol–water partition coefficient (Wildman–Crippen LogP) is 1.12. The fraction of sp³-hybridized carbons (Fsp3) is 0.692. The summed E-state index contributed by atoms with van der Waals surface area (Å²) in [6.07, 6.45) is -1.11. The lowest BCUT2D eigenvalue weighted by Gasteiger charge is -2.28. The van der Waals surface area contributed by atoms with Crippen LogP contribution in [0.2, 0.25) is 0 Å². The summed E-state index contributed by atoms with van der Waals surface area (Å²) >= 11 is 0. The molecule has 0 radical (unpaired) electrons. The van der Waals surface area contributed by atoms with E-state index in [1.807, 2.05) is 0 Å². The number of hydrogen-bond acceptors (Lipinski definition) is 7. The maximum atomic E-state index is 11.9. The topological polar surface area (TPSA) is 116 Å². The molecule has 0 rings (SSSR count). The zero-order valence-electron chi connectivity index (χ0n) is 11.8. The number of hydrogen-bond donors (Lipinski definition) is 0. The van der Waals surface area contributed by atoms with Crippen LogP contribution in [0.1, 0.15) is 20.3 Å². The van der Waals surface area contributed by atoms with Crippen molar-refractivity contribution >= 4 is 5.97 Å². The lowest BCUT2D eigenvalue weighted by Crippen LogP contribution is -2.41. The molecule has 0 aromatic carbocycles. The third kappa shape index (κ3) is 3.93. The lowest BCUT2D eigenvalue weighted by atomic mass is 9.75. The average molecular weight is 279 g/mol. The van der Waals surface area contributed by atoms with Crippen LogP contribution in [0.5, 0.6) is 0 Å². The first-order valence-corrected chi connectivity index (χ1v) is 6.08. The highest BCUT2D eigenvalue weighted by molar-refractivity contribution is 5.81. The van der Waals surface area contributed by atoms with Gasteiger partial charge in [0.25, 0.3) is 0 Å². The maximum absolute atomic E-state index is 11.9. The smallest absolute Gasteiger partial charge is 0.328 e. The van der Waals surface area contributed by atoms with E-state index >= 15 is 0 Å². The van der Waals surface area contributed by atoms with Crippen molar-refractivity contribution in [2.24, 2.45) is 11.3 Å². The minimum atomic E-state index is -1.94. The molecule has 0 aliphatic rings. The van der Waals surface area contributed by atoms with Crippen LogP contribution in [0.4, 0.5) is 0 Å². The van der Waals surface area contributed by atoms with E-state index < -0.39 is 23.6 Å². The molecule has 1 atom stereocenters. The summed E-state index contributed by atoms with van der Waals surface area (Å²) in [5.74, 6) is -2.42. The fourth-order valence-corrected chi connectivity index (χ4v) is 1.71. The van der Waals surface area contributed by atoms with E-state index in [9.17, 15) is 10.1 Å². The van der Waals surface area contributed by atoms with Crippen LogP contribution in [-0.4, -0.2) is 32.6 Å². The molecule has 0 fully saturated rings. The average Bonchev–Trinajstić information content (AvgIpc) is 2.46. The number of ether oxygens (including phenoxy) is 3. The largest absolute Gasteiger partial charge is 0.468 e. The molecular weight excluding hydrogens is 262 g/mol. The van der Waals surface area contributed by atoms with Gasteiger partial charge in [0, 0.05) is 19.6 Å². The van der Waals surface area contributed by atoms with Gasteiger partial charge >= 0.3 is 5.97 Å². The van der Waals surface area contributed by atoms with E-state index in [1.165, 1.54) is 0 Å². The summed E-state index contributed by atoms with van der Waals surface area (Å²) in [6, 6.07) is 5.04. The molecule has 0 heterocycles. The second-order valence-electron chi connectivity index (χ2n) is 3.81. The molecule has 0 aliphatic heterocycles. The molecule has 7 nitrogen and oxygen atoms in total. The third-order valence-electron chi connectivity index (χ3n) is 2.69. The predicted molar refractivity (Wildman–Crippen MR) is 66.4 cm³/mol. The van der Waals surface area contributed by atoms with Crippen LogP contribution < -0.4 is 0 Å². The van der Waals surface area contributed by atoms with Crippen LogP contribution in [0.3, 0.4) is 0 Å². The number of nitrogens with zero attached hydrogens (tertiary/aromatic N) is 3. The molecule has 0 spiro atoms. The Morgan fingerprint density at radius 3 is 1.95 bits per heavy atom. The summed E-state index contributed by atoms with van der Waals surface area (Å²) in [6.45, 7) is 4.06. The van der Waals surface area contributed by atoms with Gasteiger partial charge in [-0.25, -0.2) is 0 Å². The number of carbonyl (C=O) groups is 1. The van der Waals surface area contributed by atoms with Gasteiger partial charge in [0.1, 0.15) is 0 Å². The Bertz CT molecular complexity index is 426. The van der Waals surface area contributed by atoms with Gasteiger partial charge in [-0.3, -0.25) is 4.79 Å². The van der Waals surface area contributed by atoms with Crippen molar-refractivity contribution in [3.05, 3.63) is 0 Å². The van der Waals surface area contributed by atoms with E-state index in [4.69, 9.17) is 20.0 Å². The van der Waals surface area contributed by atoms with Gasteiger partial charge in [-0.1, -0.05) is 0 Å². The standard InChI is InChI=1S/C13H17N3O4/c1-4-19-11(20-5-2)6-13(9-16,12(17)18-3)10(7-14)8-15/h10-11H,4-6H2,1-3H3. The SMILES string of the molecule is CCOC(CC(C#N)(C(=O)OC)C(C#N)C#N)OCC. The van der Waals surface area contributed by atoms with Gasteiger partial charge in [0.05, 0.1) is 25.3 Å². The Balaban J connectivity index is 5.53. The van der Waals surface area contributed by atoms with Gasteiger partial charge in [-0.15, -0.1) is 0 Å². The van der Waals surface area contributed by atoms with Crippen molar-refractivity contribution in [1.82, 2.24) is 0 Å². The second-order valence-corrected chi connectivity index (χ2v) is 3.81. The van der Waals surface area contributed by atoms with Gasteiger partial charge in [-0.2, -0.15) is 15.8 Å². The summed E-state index contributed by atoms with van der Waals surface area (Å²) in [7, 11) is 1.09. The highest BCUT2D eigenvalue weighted by atomic mass is 16.7. The zero-order valence-corrected chi connectivity index (χ0v) is 11.8. The highest BCUT2D eigenvalue weighted by Crippen LogP contribution is 2.34. The van der Waals surface area contributed by atoms with Crippen LogP contribution in [-0.2, 0) is 19.0 Å². The third-order valence-corrected chi connectivity index (χ3v) is 2.69. The van der Waals surface area contributed by atoms with E-state index in [-0.39, 0.29) is 6.42 Å². The molecular formula is C13H17N3O4. The van der Waals surface area contributed by atoms with Crippen LogP contribution >= 0.6 is 0 Å². The number of esters is 1. The molecule has 0 amide bonds. The molecule has 20 heavy (non-hydrogen) atoms. The molecule has 0 saturated carbocycles. The molecule has 0 saturated heterocycles. The Morgan fingerprint density at radius 2 is 1.65 bits per heavy atom. The van der Waals surface area contributed by atoms with Crippen molar-refractivity contribution in [2.45, 2.75) is 26.6 Å². The van der Waals surface area contributed by atoms with Gasteiger partial charge in [0.15, 0.2) is 17.6 Å². The van der Waals surface area contributed by atoms with Gasteiger partial charge in [0.2, 0.25) is 0 Å².